The smallest absolute Gasteiger partial charge is 0.384 e. The van der Waals surface area contributed by atoms with Gasteiger partial charge in [-0.05, 0) is 42.0 Å². The average molecular weight is 674 g/mol. The Labute approximate surface area is 307 Å². The molecule has 0 aromatic heterocycles. The van der Waals surface area contributed by atoms with Crippen LogP contribution in [-0.2, 0) is 34.5 Å². The molecule has 20 radical (unpaired) electrons. The van der Waals surface area contributed by atoms with Crippen molar-refractivity contribution in [3.05, 3.63) is 70.0 Å². The number of aliphatic hydroxyl groups is 1. The minimum atomic E-state index is -4.60. The van der Waals surface area contributed by atoms with Crippen LogP contribution in [0.25, 0.3) is 0 Å². The van der Waals surface area contributed by atoms with Crippen molar-refractivity contribution in [1.82, 2.24) is 15.1 Å². The SMILES string of the molecule is [B]C([B])([B])C([B])([B])C1(C([B])([B])C([B])([B])[B])CN(Cc2ccc(C(F)(F)F)cc2)CCC1(O)c1ccc2c(c1F)CN(C1CCC(=O)NC1=O)C2=O. The number of benzene rings is 2. The third-order valence-corrected chi connectivity index (χ3v) is 10.6. The van der Waals surface area contributed by atoms with E-state index in [0.717, 1.165) is 23.1 Å². The minimum absolute atomic E-state index is 0.0103. The fourth-order valence-corrected chi connectivity index (χ4v) is 7.59. The van der Waals surface area contributed by atoms with Crippen molar-refractivity contribution in [3.63, 3.8) is 0 Å². The molecule has 2 atom stereocenters. The summed E-state index contributed by atoms with van der Waals surface area (Å²) >= 11 is 0. The number of nitrogens with one attached hydrogen (secondary N) is 1. The molecular formula is C30H23B10F4N3O4. The number of amides is 3. The van der Waals surface area contributed by atoms with Gasteiger partial charge in [0.25, 0.3) is 5.91 Å². The first kappa shape index (κ1) is 39.5. The molecule has 3 heterocycles. The lowest BCUT2D eigenvalue weighted by Gasteiger charge is -2.75. The summed E-state index contributed by atoms with van der Waals surface area (Å²) in [5.74, 6) is -3.14. The van der Waals surface area contributed by atoms with Gasteiger partial charge in [0.15, 0.2) is 0 Å². The second-order valence-corrected chi connectivity index (χ2v) is 13.9. The summed E-state index contributed by atoms with van der Waals surface area (Å²) in [6.07, 6.45) is -5.20. The average Bonchev–Trinajstić information content (AvgIpc) is 3.33. The number of imide groups is 1. The van der Waals surface area contributed by atoms with Crippen LogP contribution in [0.5, 0.6) is 0 Å². The molecule has 2 N–H and O–H groups in total. The van der Waals surface area contributed by atoms with E-state index in [9.17, 15) is 32.7 Å². The van der Waals surface area contributed by atoms with Crippen LogP contribution in [0.1, 0.15) is 51.9 Å². The third-order valence-electron chi connectivity index (χ3n) is 10.6. The maximum atomic E-state index is 17.0. The molecule has 7 nitrogen and oxygen atoms in total. The highest BCUT2D eigenvalue weighted by Crippen LogP contribution is 2.75. The molecule has 0 bridgehead atoms. The third kappa shape index (κ3) is 6.19. The van der Waals surface area contributed by atoms with Crippen molar-refractivity contribution in [3.8, 4) is 0 Å². The summed E-state index contributed by atoms with van der Waals surface area (Å²) in [4.78, 5) is 40.4. The van der Waals surface area contributed by atoms with E-state index in [0.29, 0.717) is 5.56 Å². The predicted molar refractivity (Wildman–Crippen MR) is 188 cm³/mol. The van der Waals surface area contributed by atoms with Crippen LogP contribution < -0.4 is 5.32 Å². The van der Waals surface area contributed by atoms with Gasteiger partial charge in [0.05, 0.1) is 49.1 Å². The number of rotatable bonds is 8. The van der Waals surface area contributed by atoms with Crippen molar-refractivity contribution in [1.29, 1.82) is 0 Å². The van der Waals surface area contributed by atoms with Crippen LogP contribution in [0, 0.1) is 11.2 Å². The van der Waals surface area contributed by atoms with E-state index in [1.165, 1.54) is 23.1 Å². The monoisotopic (exact) mass is 675 g/mol. The second kappa shape index (κ2) is 12.7. The van der Waals surface area contributed by atoms with E-state index in [2.05, 4.69) is 5.32 Å². The van der Waals surface area contributed by atoms with E-state index >= 15 is 4.39 Å². The molecule has 3 amide bonds. The van der Waals surface area contributed by atoms with E-state index in [4.69, 9.17) is 78.5 Å². The number of hydrogen-bond acceptors (Lipinski definition) is 5. The van der Waals surface area contributed by atoms with Crippen LogP contribution in [0.4, 0.5) is 17.6 Å². The first-order valence-corrected chi connectivity index (χ1v) is 15.7. The molecule has 2 fully saturated rings. The molecule has 5 rings (SSSR count). The summed E-state index contributed by atoms with van der Waals surface area (Å²) < 4.78 is 56.8. The number of hydrogen-bond donors (Lipinski definition) is 2. The molecule has 0 spiro atoms. The lowest BCUT2D eigenvalue weighted by molar-refractivity contribution is -0.165. The first-order valence-electron chi connectivity index (χ1n) is 15.7. The van der Waals surface area contributed by atoms with Gasteiger partial charge in [-0.15, -0.1) is 20.7 Å². The molecule has 2 saturated heterocycles. The fourth-order valence-electron chi connectivity index (χ4n) is 7.59. The number of likely N-dealkylation sites (tertiary alicyclic amines) is 1. The van der Waals surface area contributed by atoms with Crippen LogP contribution in [0.15, 0.2) is 36.4 Å². The summed E-state index contributed by atoms with van der Waals surface area (Å²) in [5, 5.41) is 3.99. The lowest BCUT2D eigenvalue weighted by atomic mass is 9.07. The number of nitrogens with zero attached hydrogens (tertiary/aromatic N) is 2. The van der Waals surface area contributed by atoms with Crippen molar-refractivity contribution in [2.45, 2.75) is 70.8 Å². The normalized spacial score (nSPS) is 23.6. The predicted octanol–water partition coefficient (Wildman–Crippen LogP) is -0.250. The zero-order valence-corrected chi connectivity index (χ0v) is 27.3. The first-order chi connectivity index (χ1) is 23.2. The largest absolute Gasteiger partial charge is 0.416 e. The van der Waals surface area contributed by atoms with Gasteiger partial charge in [0.1, 0.15) is 11.9 Å². The molecule has 3 aliphatic rings. The summed E-state index contributed by atoms with van der Waals surface area (Å²) in [6, 6.07) is 5.32. The Morgan fingerprint density at radius 1 is 0.863 bits per heavy atom. The van der Waals surface area contributed by atoms with E-state index in [1.807, 2.05) is 0 Å². The zero-order chi connectivity index (χ0) is 38.3. The molecule has 0 saturated carbocycles. The molecule has 2 aromatic carbocycles. The highest BCUT2D eigenvalue weighted by atomic mass is 19.4. The zero-order valence-electron chi connectivity index (χ0n) is 27.3. The van der Waals surface area contributed by atoms with Crippen LogP contribution in [0.3, 0.4) is 0 Å². The molecule has 0 aliphatic carbocycles. The van der Waals surface area contributed by atoms with Gasteiger partial charge in [-0.1, -0.05) is 18.2 Å². The Balaban J connectivity index is 1.67. The van der Waals surface area contributed by atoms with Gasteiger partial charge in [-0.25, -0.2) is 4.39 Å². The summed E-state index contributed by atoms with van der Waals surface area (Å²) in [5.41, 5.74) is -7.00. The van der Waals surface area contributed by atoms with E-state index in [1.54, 1.807) is 0 Å². The van der Waals surface area contributed by atoms with Crippen molar-refractivity contribution in [2.75, 3.05) is 13.1 Å². The van der Waals surface area contributed by atoms with Gasteiger partial charge >= 0.3 is 6.18 Å². The van der Waals surface area contributed by atoms with Crippen LogP contribution in [-0.4, -0.2) is 130 Å². The lowest BCUT2D eigenvalue weighted by Crippen LogP contribution is -2.72. The number of carbonyl (C=O) groups is 3. The molecule has 240 valence electrons. The number of fused-ring (bicyclic) bond motifs is 1. The Morgan fingerprint density at radius 3 is 1.94 bits per heavy atom. The second-order valence-electron chi connectivity index (χ2n) is 13.9. The highest BCUT2D eigenvalue weighted by Gasteiger charge is 2.70. The van der Waals surface area contributed by atoms with Crippen LogP contribution >= 0.6 is 0 Å². The van der Waals surface area contributed by atoms with Gasteiger partial charge in [0, 0.05) is 89.8 Å². The molecule has 2 unspecified atom stereocenters. The Morgan fingerprint density at radius 2 is 1.43 bits per heavy atom. The molecular weight excluding hydrogens is 650 g/mol. The standard InChI is InChI=1S/C30H23B10F4N3O4/c31-27(32,29(35,36)37)25(28(33,34)30(38,39)40)13-46(11-14-1-3-15(4-2-14)26(42,43)44)10-9-24(25,51)18-6-5-16-17(21(18)41)12-47(23(16)50)19-7-8-20(48)45-22(19)49/h1-6,19,51H,7-13H2,(H,45,48,49). The van der Waals surface area contributed by atoms with Crippen LogP contribution in [0.2, 0.25) is 20.7 Å². The van der Waals surface area contributed by atoms with Gasteiger partial charge < -0.3 is 10.0 Å². The minimum Gasteiger partial charge on any atom is -0.384 e. The molecule has 21 heteroatoms. The highest BCUT2D eigenvalue weighted by molar-refractivity contribution is 6.70. The fraction of sp³-hybridized carbons (Fsp3) is 0.500. The number of carbonyl (C=O) groups excluding carboxylic acids is 3. The summed E-state index contributed by atoms with van der Waals surface area (Å²) in [7, 11) is 63.4. The topological polar surface area (TPSA) is 89.9 Å². The number of halogens is 4. The molecule has 51 heavy (non-hydrogen) atoms. The van der Waals surface area contributed by atoms with E-state index in [-0.39, 0.29) is 37.1 Å². The Hall–Kier alpha value is -2.66. The number of piperidine rings is 2. The van der Waals surface area contributed by atoms with Gasteiger partial charge in [-0.3, -0.25) is 24.6 Å². The molecule has 3 aliphatic heterocycles. The maximum Gasteiger partial charge on any atom is 0.416 e. The Kier molecular flexibility index (Phi) is 9.88. The summed E-state index contributed by atoms with van der Waals surface area (Å²) in [6.45, 7) is -1.39. The van der Waals surface area contributed by atoms with E-state index < -0.39 is 98.1 Å². The maximum absolute atomic E-state index is 17.0. The van der Waals surface area contributed by atoms with Crippen molar-refractivity contribution < 1.29 is 37.1 Å². The number of alkyl halides is 3. The Bertz CT molecular complexity index is 1730. The molecule has 2 aromatic rings. The quantitative estimate of drug-likeness (QED) is 0.230. The van der Waals surface area contributed by atoms with Crippen molar-refractivity contribution in [2.24, 2.45) is 5.41 Å². The van der Waals surface area contributed by atoms with Gasteiger partial charge in [0.2, 0.25) is 11.8 Å². The van der Waals surface area contributed by atoms with Crippen molar-refractivity contribution >= 4 is 96.2 Å². The van der Waals surface area contributed by atoms with Gasteiger partial charge in [-0.2, -0.15) is 13.2 Å².